The summed E-state index contributed by atoms with van der Waals surface area (Å²) < 4.78 is 28.9. The fourth-order valence-corrected chi connectivity index (χ4v) is 2.96. The van der Waals surface area contributed by atoms with Crippen molar-refractivity contribution in [2.45, 2.75) is 38.8 Å². The zero-order chi connectivity index (χ0) is 12.9. The van der Waals surface area contributed by atoms with Crippen molar-refractivity contribution >= 4 is 23.3 Å². The SMILES string of the molecule is CC(N)Cc1c2n(c3cc(F)c(F)cc13)CCC2.Cl. The molecule has 0 fully saturated rings. The highest BCUT2D eigenvalue weighted by molar-refractivity contribution is 5.86. The number of nitrogens with two attached hydrogens (primary N) is 1. The molecule has 2 aromatic rings. The molecule has 1 aliphatic heterocycles. The predicted octanol–water partition coefficient (Wildman–Crippen LogP) is 3.18. The largest absolute Gasteiger partial charge is 0.344 e. The van der Waals surface area contributed by atoms with E-state index in [1.165, 1.54) is 17.8 Å². The lowest BCUT2D eigenvalue weighted by Crippen LogP contribution is -2.18. The van der Waals surface area contributed by atoms with E-state index in [-0.39, 0.29) is 18.4 Å². The van der Waals surface area contributed by atoms with Gasteiger partial charge in [0.2, 0.25) is 0 Å². The summed E-state index contributed by atoms with van der Waals surface area (Å²) in [6.45, 7) is 2.82. The van der Waals surface area contributed by atoms with Gasteiger partial charge in [0.05, 0.1) is 5.52 Å². The van der Waals surface area contributed by atoms with Crippen LogP contribution in [0.15, 0.2) is 12.1 Å². The first-order valence-corrected chi connectivity index (χ1v) is 6.32. The number of hydrogen-bond acceptors (Lipinski definition) is 1. The fourth-order valence-electron chi connectivity index (χ4n) is 2.96. The Kier molecular flexibility index (Phi) is 3.83. The van der Waals surface area contributed by atoms with Crippen molar-refractivity contribution in [2.24, 2.45) is 5.73 Å². The number of nitrogens with zero attached hydrogens (tertiary/aromatic N) is 1. The minimum atomic E-state index is -0.780. The molecule has 0 saturated heterocycles. The molecule has 1 aromatic carbocycles. The van der Waals surface area contributed by atoms with E-state index in [0.29, 0.717) is 6.42 Å². The maximum absolute atomic E-state index is 13.4. The van der Waals surface area contributed by atoms with E-state index in [9.17, 15) is 8.78 Å². The van der Waals surface area contributed by atoms with Crippen molar-refractivity contribution in [3.63, 3.8) is 0 Å². The van der Waals surface area contributed by atoms with Gasteiger partial charge in [-0.1, -0.05) is 0 Å². The summed E-state index contributed by atoms with van der Waals surface area (Å²) in [5, 5.41) is 0.820. The normalized spacial score (nSPS) is 15.4. The molecule has 1 unspecified atom stereocenters. The van der Waals surface area contributed by atoms with Crippen molar-refractivity contribution < 1.29 is 8.78 Å². The summed E-state index contributed by atoms with van der Waals surface area (Å²) in [6.07, 6.45) is 2.75. The maximum Gasteiger partial charge on any atom is 0.160 e. The first kappa shape index (κ1) is 14.3. The molecule has 0 aliphatic carbocycles. The van der Waals surface area contributed by atoms with Crippen LogP contribution < -0.4 is 5.73 Å². The third-order valence-corrected chi connectivity index (χ3v) is 3.65. The van der Waals surface area contributed by atoms with Crippen LogP contribution in [0, 0.1) is 11.6 Å². The maximum atomic E-state index is 13.4. The Labute approximate surface area is 117 Å². The highest BCUT2D eigenvalue weighted by atomic mass is 35.5. The lowest BCUT2D eigenvalue weighted by molar-refractivity contribution is 0.510. The average Bonchev–Trinajstić information content (AvgIpc) is 2.85. The summed E-state index contributed by atoms with van der Waals surface area (Å²) >= 11 is 0. The van der Waals surface area contributed by atoms with E-state index in [1.807, 2.05) is 6.92 Å². The van der Waals surface area contributed by atoms with Gasteiger partial charge in [-0.15, -0.1) is 12.4 Å². The molecular formula is C14H17ClF2N2. The van der Waals surface area contributed by atoms with Crippen molar-refractivity contribution in [2.75, 3.05) is 0 Å². The predicted molar refractivity (Wildman–Crippen MR) is 74.8 cm³/mol. The topological polar surface area (TPSA) is 30.9 Å². The van der Waals surface area contributed by atoms with Gasteiger partial charge >= 0.3 is 0 Å². The Morgan fingerprint density at radius 2 is 2.00 bits per heavy atom. The summed E-state index contributed by atoms with van der Waals surface area (Å²) in [5.74, 6) is -1.56. The number of rotatable bonds is 2. The van der Waals surface area contributed by atoms with E-state index in [0.717, 1.165) is 35.9 Å². The number of benzene rings is 1. The number of fused-ring (bicyclic) bond motifs is 3. The third-order valence-electron chi connectivity index (χ3n) is 3.65. The lowest BCUT2D eigenvalue weighted by atomic mass is 10.0. The summed E-state index contributed by atoms with van der Waals surface area (Å²) in [4.78, 5) is 0. The quantitative estimate of drug-likeness (QED) is 0.903. The molecule has 1 aliphatic rings. The fraction of sp³-hybridized carbons (Fsp3) is 0.429. The second-order valence-corrected chi connectivity index (χ2v) is 5.15. The molecule has 2 N–H and O–H groups in total. The number of hydrogen-bond donors (Lipinski definition) is 1. The molecule has 0 saturated carbocycles. The van der Waals surface area contributed by atoms with Crippen molar-refractivity contribution in [3.8, 4) is 0 Å². The minimum Gasteiger partial charge on any atom is -0.344 e. The van der Waals surface area contributed by atoms with Crippen LogP contribution in [-0.4, -0.2) is 10.6 Å². The van der Waals surface area contributed by atoms with Crippen molar-refractivity contribution in [1.82, 2.24) is 4.57 Å². The van der Waals surface area contributed by atoms with Gasteiger partial charge in [0.1, 0.15) is 0 Å². The smallest absolute Gasteiger partial charge is 0.160 e. The standard InChI is InChI=1S/C14H16F2N2.ClH/c1-8(17)5-9-10-6-11(15)12(16)7-14(10)18-4-2-3-13(9)18;/h6-8H,2-5,17H2,1H3;1H. The van der Waals surface area contributed by atoms with Crippen LogP contribution in [0.1, 0.15) is 24.6 Å². The average molecular weight is 287 g/mol. The van der Waals surface area contributed by atoms with Gasteiger partial charge in [0, 0.05) is 29.7 Å². The second-order valence-electron chi connectivity index (χ2n) is 5.15. The van der Waals surface area contributed by atoms with Gasteiger partial charge in [-0.2, -0.15) is 0 Å². The molecule has 1 aromatic heterocycles. The molecule has 0 spiro atoms. The molecule has 1 atom stereocenters. The van der Waals surface area contributed by atoms with E-state index >= 15 is 0 Å². The zero-order valence-corrected chi connectivity index (χ0v) is 11.6. The Bertz CT molecular complexity index is 620. The van der Waals surface area contributed by atoms with Gasteiger partial charge in [-0.25, -0.2) is 8.78 Å². The van der Waals surface area contributed by atoms with E-state index < -0.39 is 11.6 Å². The van der Waals surface area contributed by atoms with Crippen LogP contribution in [-0.2, 0) is 19.4 Å². The van der Waals surface area contributed by atoms with E-state index in [4.69, 9.17) is 5.73 Å². The summed E-state index contributed by atoms with van der Waals surface area (Å²) in [6, 6.07) is 2.65. The van der Waals surface area contributed by atoms with Crippen molar-refractivity contribution in [1.29, 1.82) is 0 Å². The molecule has 104 valence electrons. The van der Waals surface area contributed by atoms with Crippen LogP contribution in [0.5, 0.6) is 0 Å². The van der Waals surface area contributed by atoms with Gasteiger partial charge in [0.25, 0.3) is 0 Å². The first-order chi connectivity index (χ1) is 8.58. The monoisotopic (exact) mass is 286 g/mol. The Hall–Kier alpha value is -1.13. The van der Waals surface area contributed by atoms with Crippen molar-refractivity contribution in [3.05, 3.63) is 35.0 Å². The summed E-state index contributed by atoms with van der Waals surface area (Å²) in [5.41, 5.74) is 8.96. The Morgan fingerprint density at radius 1 is 1.32 bits per heavy atom. The molecule has 0 radical (unpaired) electrons. The molecule has 0 amide bonds. The van der Waals surface area contributed by atoms with Crippen LogP contribution in [0.4, 0.5) is 8.78 Å². The van der Waals surface area contributed by atoms with Crippen LogP contribution in [0.3, 0.4) is 0 Å². The van der Waals surface area contributed by atoms with Crippen LogP contribution in [0.2, 0.25) is 0 Å². The number of aryl methyl sites for hydroxylation is 1. The van der Waals surface area contributed by atoms with Gasteiger partial charge in [-0.05, 0) is 37.8 Å². The lowest BCUT2D eigenvalue weighted by Gasteiger charge is -2.06. The molecule has 0 bridgehead atoms. The minimum absolute atomic E-state index is 0. The Morgan fingerprint density at radius 3 is 2.68 bits per heavy atom. The number of aromatic nitrogens is 1. The number of halogens is 3. The third kappa shape index (κ3) is 2.23. The van der Waals surface area contributed by atoms with E-state index in [2.05, 4.69) is 4.57 Å². The molecule has 3 rings (SSSR count). The zero-order valence-electron chi connectivity index (χ0n) is 10.7. The van der Waals surface area contributed by atoms with Gasteiger partial charge < -0.3 is 10.3 Å². The molecular weight excluding hydrogens is 270 g/mol. The molecule has 2 nitrogen and oxygen atoms in total. The van der Waals surface area contributed by atoms with Crippen LogP contribution >= 0.6 is 12.4 Å². The van der Waals surface area contributed by atoms with Gasteiger partial charge in [-0.3, -0.25) is 0 Å². The molecule has 5 heteroatoms. The van der Waals surface area contributed by atoms with Crippen LogP contribution in [0.25, 0.3) is 10.9 Å². The second kappa shape index (κ2) is 5.10. The van der Waals surface area contributed by atoms with Gasteiger partial charge in [0.15, 0.2) is 11.6 Å². The molecule has 2 heterocycles. The summed E-state index contributed by atoms with van der Waals surface area (Å²) in [7, 11) is 0. The molecule has 19 heavy (non-hydrogen) atoms. The van der Waals surface area contributed by atoms with E-state index in [1.54, 1.807) is 0 Å². The Balaban J connectivity index is 0.00000133. The highest BCUT2D eigenvalue weighted by Gasteiger charge is 2.23. The first-order valence-electron chi connectivity index (χ1n) is 6.32. The highest BCUT2D eigenvalue weighted by Crippen LogP contribution is 2.33.